The molecular formula is C16H16F3N5O3. The van der Waals surface area contributed by atoms with E-state index in [2.05, 4.69) is 20.1 Å². The minimum atomic E-state index is -4.75. The highest BCUT2D eigenvalue weighted by atomic mass is 19.4. The zero-order valence-corrected chi connectivity index (χ0v) is 14.2. The van der Waals surface area contributed by atoms with Crippen molar-refractivity contribution in [1.82, 2.24) is 20.1 Å². The molecule has 1 aliphatic heterocycles. The van der Waals surface area contributed by atoms with Crippen LogP contribution in [0.25, 0.3) is 0 Å². The molecule has 2 N–H and O–H groups in total. The summed E-state index contributed by atoms with van der Waals surface area (Å²) in [6, 6.07) is 2.34. The van der Waals surface area contributed by atoms with E-state index < -0.39 is 24.1 Å². The second-order valence-corrected chi connectivity index (χ2v) is 5.82. The van der Waals surface area contributed by atoms with Gasteiger partial charge in [-0.2, -0.15) is 18.2 Å². The number of ether oxygens (including phenoxy) is 1. The lowest BCUT2D eigenvalue weighted by Gasteiger charge is -2.21. The molecule has 1 aliphatic rings. The van der Waals surface area contributed by atoms with Crippen LogP contribution in [0.2, 0.25) is 0 Å². The van der Waals surface area contributed by atoms with Crippen molar-refractivity contribution < 1.29 is 27.5 Å². The Hall–Kier alpha value is -3.11. The number of carbonyl (C=O) groups is 2. The van der Waals surface area contributed by atoms with E-state index in [0.717, 1.165) is 18.6 Å². The molecule has 1 aromatic heterocycles. The molecule has 1 amide bonds. The molecule has 2 heterocycles. The first-order valence-corrected chi connectivity index (χ1v) is 8.04. The average molecular weight is 383 g/mol. The molecule has 0 saturated carbocycles. The molecule has 27 heavy (non-hydrogen) atoms. The number of rotatable bonds is 4. The third kappa shape index (κ3) is 4.01. The molecule has 8 nitrogen and oxygen atoms in total. The number of hydrogen-bond donors (Lipinski definition) is 2. The van der Waals surface area contributed by atoms with E-state index in [-0.39, 0.29) is 17.0 Å². The normalized spacial score (nSPS) is 14.7. The standard InChI is InChI=1S/C16H16F3N5O3/c1-27-14(26)10-5-3-9(4-6-10)11(16(17,18)19)21-13(25)12-22-15-20-7-2-8-24(15)23-12/h3-6,11H,2,7-8H2,1H3,(H,21,25)(H,20,22,23). The number of amides is 1. The van der Waals surface area contributed by atoms with Gasteiger partial charge in [0.2, 0.25) is 11.8 Å². The predicted octanol–water partition coefficient (Wildman–Crippen LogP) is 1.91. The fourth-order valence-electron chi connectivity index (χ4n) is 2.63. The van der Waals surface area contributed by atoms with Crippen LogP contribution in [0, 0.1) is 0 Å². The van der Waals surface area contributed by atoms with Gasteiger partial charge in [-0.3, -0.25) is 4.79 Å². The number of hydrogen-bond acceptors (Lipinski definition) is 6. The van der Waals surface area contributed by atoms with Crippen LogP contribution in [-0.4, -0.2) is 46.5 Å². The van der Waals surface area contributed by atoms with Crippen LogP contribution in [-0.2, 0) is 11.3 Å². The number of nitrogens with zero attached hydrogens (tertiary/aromatic N) is 3. The van der Waals surface area contributed by atoms with Gasteiger partial charge < -0.3 is 15.4 Å². The Labute approximate surface area is 151 Å². The van der Waals surface area contributed by atoms with Gasteiger partial charge in [-0.1, -0.05) is 12.1 Å². The number of nitrogens with one attached hydrogen (secondary N) is 2. The molecule has 1 atom stereocenters. The summed E-state index contributed by atoms with van der Waals surface area (Å²) in [5, 5.41) is 8.76. The van der Waals surface area contributed by atoms with Crippen LogP contribution in [0.1, 0.15) is 39.0 Å². The molecule has 0 radical (unpaired) electrons. The van der Waals surface area contributed by atoms with E-state index in [4.69, 9.17) is 0 Å². The number of methoxy groups -OCH3 is 1. The first-order chi connectivity index (χ1) is 12.8. The predicted molar refractivity (Wildman–Crippen MR) is 87.2 cm³/mol. The zero-order valence-electron chi connectivity index (χ0n) is 14.2. The van der Waals surface area contributed by atoms with Crippen molar-refractivity contribution in [2.24, 2.45) is 0 Å². The molecule has 0 aliphatic carbocycles. The van der Waals surface area contributed by atoms with Crippen molar-refractivity contribution in [3.8, 4) is 0 Å². The summed E-state index contributed by atoms with van der Waals surface area (Å²) >= 11 is 0. The number of carbonyl (C=O) groups excluding carboxylic acids is 2. The molecular weight excluding hydrogens is 367 g/mol. The summed E-state index contributed by atoms with van der Waals surface area (Å²) in [6.07, 6.45) is -3.98. The van der Waals surface area contributed by atoms with Crippen molar-refractivity contribution in [3.63, 3.8) is 0 Å². The molecule has 0 saturated heterocycles. The SMILES string of the molecule is COC(=O)c1ccc(C(NC(=O)c2nc3n(n2)CCCN3)C(F)(F)F)cc1. The summed E-state index contributed by atoms with van der Waals surface area (Å²) in [5.41, 5.74) is -0.131. The van der Waals surface area contributed by atoms with Crippen LogP contribution in [0.5, 0.6) is 0 Å². The maximum absolute atomic E-state index is 13.5. The van der Waals surface area contributed by atoms with Crippen LogP contribution >= 0.6 is 0 Å². The smallest absolute Gasteiger partial charge is 0.412 e. The number of fused-ring (bicyclic) bond motifs is 1. The fraction of sp³-hybridized carbons (Fsp3) is 0.375. The van der Waals surface area contributed by atoms with E-state index in [1.807, 2.05) is 5.32 Å². The number of aromatic nitrogens is 3. The highest BCUT2D eigenvalue weighted by Gasteiger charge is 2.42. The summed E-state index contributed by atoms with van der Waals surface area (Å²) in [4.78, 5) is 27.6. The molecule has 0 spiro atoms. The Morgan fingerprint density at radius 2 is 2.00 bits per heavy atom. The Bertz CT molecular complexity index is 824. The van der Waals surface area contributed by atoms with Crippen LogP contribution < -0.4 is 10.6 Å². The summed E-state index contributed by atoms with van der Waals surface area (Å²) in [7, 11) is 1.17. The average Bonchev–Trinajstić information content (AvgIpc) is 3.09. The number of halogens is 3. The molecule has 11 heteroatoms. The lowest BCUT2D eigenvalue weighted by Crippen LogP contribution is -2.38. The van der Waals surface area contributed by atoms with Gasteiger partial charge in [0, 0.05) is 13.1 Å². The molecule has 1 unspecified atom stereocenters. The topological polar surface area (TPSA) is 98.1 Å². The van der Waals surface area contributed by atoms with Gasteiger partial charge in [-0.05, 0) is 24.1 Å². The van der Waals surface area contributed by atoms with Gasteiger partial charge in [-0.25, -0.2) is 9.48 Å². The number of benzene rings is 1. The van der Waals surface area contributed by atoms with Crippen molar-refractivity contribution >= 4 is 17.8 Å². The summed E-state index contributed by atoms with van der Waals surface area (Å²) in [6.45, 7) is 1.18. The Morgan fingerprint density at radius 3 is 2.59 bits per heavy atom. The molecule has 2 aromatic rings. The molecule has 144 valence electrons. The first-order valence-electron chi connectivity index (χ1n) is 8.04. The number of esters is 1. The highest BCUT2D eigenvalue weighted by molar-refractivity contribution is 5.91. The number of alkyl halides is 3. The monoisotopic (exact) mass is 383 g/mol. The van der Waals surface area contributed by atoms with Gasteiger partial charge >= 0.3 is 12.1 Å². The van der Waals surface area contributed by atoms with Crippen molar-refractivity contribution in [2.45, 2.75) is 25.2 Å². The van der Waals surface area contributed by atoms with Crippen molar-refractivity contribution in [2.75, 3.05) is 19.0 Å². The Kier molecular flexibility index (Phi) is 5.02. The molecule has 0 bridgehead atoms. The quantitative estimate of drug-likeness (QED) is 0.783. The maximum atomic E-state index is 13.5. The minimum Gasteiger partial charge on any atom is -0.465 e. The lowest BCUT2D eigenvalue weighted by atomic mass is 10.0. The third-order valence-corrected chi connectivity index (χ3v) is 3.97. The maximum Gasteiger partial charge on any atom is 0.412 e. The lowest BCUT2D eigenvalue weighted by molar-refractivity contribution is -0.155. The summed E-state index contributed by atoms with van der Waals surface area (Å²) < 4.78 is 46.4. The highest BCUT2D eigenvalue weighted by Crippen LogP contribution is 2.33. The Balaban J connectivity index is 1.82. The van der Waals surface area contributed by atoms with Crippen molar-refractivity contribution in [1.29, 1.82) is 0 Å². The van der Waals surface area contributed by atoms with Gasteiger partial charge in [0.15, 0.2) is 6.04 Å². The van der Waals surface area contributed by atoms with E-state index in [0.29, 0.717) is 19.0 Å². The number of anilines is 1. The van der Waals surface area contributed by atoms with Crippen LogP contribution in [0.15, 0.2) is 24.3 Å². The van der Waals surface area contributed by atoms with Gasteiger partial charge in [-0.15, -0.1) is 5.10 Å². The molecule has 3 rings (SSSR count). The van der Waals surface area contributed by atoms with E-state index in [9.17, 15) is 22.8 Å². The van der Waals surface area contributed by atoms with Gasteiger partial charge in [0.25, 0.3) is 5.91 Å². The van der Waals surface area contributed by atoms with E-state index in [1.165, 1.54) is 23.9 Å². The third-order valence-electron chi connectivity index (χ3n) is 3.97. The van der Waals surface area contributed by atoms with Crippen LogP contribution in [0.3, 0.4) is 0 Å². The van der Waals surface area contributed by atoms with Crippen molar-refractivity contribution in [3.05, 3.63) is 41.2 Å². The van der Waals surface area contributed by atoms with E-state index in [1.54, 1.807) is 0 Å². The van der Waals surface area contributed by atoms with Gasteiger partial charge in [0.05, 0.1) is 12.7 Å². The zero-order chi connectivity index (χ0) is 19.6. The van der Waals surface area contributed by atoms with Gasteiger partial charge in [0.1, 0.15) is 0 Å². The fourth-order valence-corrected chi connectivity index (χ4v) is 2.63. The second-order valence-electron chi connectivity index (χ2n) is 5.82. The first kappa shape index (κ1) is 18.7. The molecule has 0 fully saturated rings. The summed E-state index contributed by atoms with van der Waals surface area (Å²) in [5.74, 6) is -1.72. The van der Waals surface area contributed by atoms with E-state index >= 15 is 0 Å². The molecule has 1 aromatic carbocycles. The number of aryl methyl sites for hydroxylation is 1. The largest absolute Gasteiger partial charge is 0.465 e. The Morgan fingerprint density at radius 1 is 1.30 bits per heavy atom. The minimum absolute atomic E-state index is 0.100. The van der Waals surface area contributed by atoms with Crippen LogP contribution in [0.4, 0.5) is 19.1 Å². The second kappa shape index (κ2) is 7.25.